The number of aromatic nitrogens is 4. The lowest BCUT2D eigenvalue weighted by Crippen LogP contribution is -2.17. The summed E-state index contributed by atoms with van der Waals surface area (Å²) in [4.78, 5) is 16.8. The van der Waals surface area contributed by atoms with Crippen molar-refractivity contribution in [1.82, 2.24) is 19.7 Å². The van der Waals surface area contributed by atoms with Gasteiger partial charge in [0.1, 0.15) is 12.2 Å². The van der Waals surface area contributed by atoms with Crippen molar-refractivity contribution in [3.63, 3.8) is 0 Å². The van der Waals surface area contributed by atoms with Gasteiger partial charge < -0.3 is 18.9 Å². The highest BCUT2D eigenvalue weighted by Crippen LogP contribution is 2.47. The van der Waals surface area contributed by atoms with Crippen LogP contribution in [0.3, 0.4) is 0 Å². The van der Waals surface area contributed by atoms with Crippen molar-refractivity contribution in [2.24, 2.45) is 0 Å². The van der Waals surface area contributed by atoms with Crippen LogP contribution in [0.2, 0.25) is 5.02 Å². The van der Waals surface area contributed by atoms with Gasteiger partial charge in [0.15, 0.2) is 17.3 Å². The first-order valence-corrected chi connectivity index (χ1v) is 13.5. The van der Waals surface area contributed by atoms with Gasteiger partial charge in [-0.3, -0.25) is 9.36 Å². The largest absolute Gasteiger partial charge is 0.493 e. The van der Waals surface area contributed by atoms with Gasteiger partial charge in [-0.1, -0.05) is 23.7 Å². The molecule has 1 aliphatic rings. The van der Waals surface area contributed by atoms with E-state index in [0.29, 0.717) is 39.1 Å². The van der Waals surface area contributed by atoms with E-state index in [1.165, 1.54) is 44.8 Å². The summed E-state index contributed by atoms with van der Waals surface area (Å²) in [6.07, 6.45) is -4.44. The zero-order valence-electron chi connectivity index (χ0n) is 22.1. The number of fused-ring (bicyclic) bond motifs is 3. The van der Waals surface area contributed by atoms with Gasteiger partial charge in [-0.15, -0.1) is 21.5 Å². The molecule has 2 aromatic heterocycles. The van der Waals surface area contributed by atoms with Crippen LogP contribution in [0.1, 0.15) is 51.3 Å². The number of hydrogen-bond donors (Lipinski definition) is 0. The van der Waals surface area contributed by atoms with Crippen molar-refractivity contribution in [2.45, 2.75) is 37.6 Å². The Kier molecular flexibility index (Phi) is 8.20. The second-order valence-electron chi connectivity index (χ2n) is 9.01. The van der Waals surface area contributed by atoms with Gasteiger partial charge in [-0.2, -0.15) is 13.2 Å². The molecule has 0 N–H and O–H groups in total. The summed E-state index contributed by atoms with van der Waals surface area (Å²) < 4.78 is 66.0. The van der Waals surface area contributed by atoms with Crippen LogP contribution in [0.15, 0.2) is 42.6 Å². The Hall–Kier alpha value is -3.68. The van der Waals surface area contributed by atoms with Crippen LogP contribution in [0.4, 0.5) is 13.2 Å². The van der Waals surface area contributed by atoms with Crippen LogP contribution in [-0.4, -0.2) is 47.0 Å². The van der Waals surface area contributed by atoms with E-state index >= 15 is 0 Å². The molecule has 0 saturated heterocycles. The van der Waals surface area contributed by atoms with Crippen molar-refractivity contribution >= 4 is 28.9 Å². The normalized spacial score (nSPS) is 16.5. The lowest BCUT2D eigenvalue weighted by molar-refractivity contribution is -0.146. The van der Waals surface area contributed by atoms with Crippen LogP contribution >= 0.6 is 22.9 Å². The monoisotopic (exact) mass is 608 g/mol. The molecule has 0 aliphatic carbocycles. The molecule has 0 radical (unpaired) electrons. The number of ether oxygens (including phenoxy) is 4. The van der Waals surface area contributed by atoms with Gasteiger partial charge in [-0.25, -0.2) is 4.98 Å². The molecule has 9 nitrogen and oxygen atoms in total. The first kappa shape index (κ1) is 28.8. The summed E-state index contributed by atoms with van der Waals surface area (Å²) in [5.41, 5.74) is 1.04. The van der Waals surface area contributed by atoms with E-state index in [9.17, 15) is 18.0 Å². The number of rotatable bonds is 8. The minimum atomic E-state index is -4.80. The van der Waals surface area contributed by atoms with Crippen LogP contribution in [0, 0.1) is 0 Å². The van der Waals surface area contributed by atoms with Gasteiger partial charge in [0.25, 0.3) is 0 Å². The van der Waals surface area contributed by atoms with Gasteiger partial charge >= 0.3 is 12.1 Å². The molecule has 0 saturated carbocycles. The maximum Gasteiger partial charge on any atom is 0.452 e. The molecule has 1 aliphatic heterocycles. The predicted octanol–water partition coefficient (Wildman–Crippen LogP) is 5.92. The van der Waals surface area contributed by atoms with E-state index in [4.69, 9.17) is 30.5 Å². The number of alkyl halides is 3. The third-order valence-electron chi connectivity index (χ3n) is 6.52. The average molecular weight is 609 g/mol. The summed E-state index contributed by atoms with van der Waals surface area (Å²) in [5.74, 6) is -0.815. The van der Waals surface area contributed by atoms with E-state index in [1.54, 1.807) is 30.5 Å². The standard InChI is InChI=1S/C27H24ClF3N4O5S/c1-37-19-6-4-5-16(24(19)39-3)23-17-11-14(28)7-9-18(17)35-25(33-34-26(35)27(29,30)31)20(40-23)12-21-32-13-15(41-21)8-10-22(36)38-2/h4-7,9,11,13,20,23H,8,10,12H2,1-3H3/t20-,23-/m1/s1. The number of aryl methyl sites for hydroxylation is 1. The van der Waals surface area contributed by atoms with E-state index in [-0.39, 0.29) is 30.3 Å². The number of carbonyl (C=O) groups excluding carboxylic acids is 1. The van der Waals surface area contributed by atoms with Gasteiger partial charge in [0.2, 0.25) is 5.82 Å². The number of nitrogens with zero attached hydrogens (tertiary/aromatic N) is 4. The Morgan fingerprint density at radius 3 is 2.63 bits per heavy atom. The smallest absolute Gasteiger partial charge is 0.452 e. The molecule has 2 atom stereocenters. The van der Waals surface area contributed by atoms with Crippen LogP contribution in [0.25, 0.3) is 5.69 Å². The van der Waals surface area contributed by atoms with Crippen molar-refractivity contribution in [1.29, 1.82) is 0 Å². The lowest BCUT2D eigenvalue weighted by atomic mass is 9.98. The topological polar surface area (TPSA) is 97.6 Å². The molecule has 2 aromatic carbocycles. The summed E-state index contributed by atoms with van der Waals surface area (Å²) in [5, 5.41) is 8.35. The van der Waals surface area contributed by atoms with Crippen LogP contribution in [-0.2, 0) is 33.3 Å². The molecule has 216 valence electrons. The number of esters is 1. The first-order chi connectivity index (χ1) is 19.6. The Morgan fingerprint density at radius 2 is 1.93 bits per heavy atom. The molecule has 0 spiro atoms. The van der Waals surface area contributed by atoms with Gasteiger partial charge in [-0.05, 0) is 30.7 Å². The number of para-hydroxylation sites is 1. The van der Waals surface area contributed by atoms with Crippen molar-refractivity contribution < 1.29 is 36.9 Å². The molecular formula is C27H24ClF3N4O5S. The minimum absolute atomic E-state index is 0.0448. The third kappa shape index (κ3) is 5.74. The third-order valence-corrected chi connectivity index (χ3v) is 7.84. The summed E-state index contributed by atoms with van der Waals surface area (Å²) >= 11 is 7.69. The predicted molar refractivity (Wildman–Crippen MR) is 143 cm³/mol. The zero-order chi connectivity index (χ0) is 29.3. The second-order valence-corrected chi connectivity index (χ2v) is 10.6. The minimum Gasteiger partial charge on any atom is -0.493 e. The number of carbonyl (C=O) groups is 1. The maximum atomic E-state index is 14.2. The van der Waals surface area contributed by atoms with E-state index in [0.717, 1.165) is 9.44 Å². The quantitative estimate of drug-likeness (QED) is 0.227. The lowest BCUT2D eigenvalue weighted by Gasteiger charge is -2.24. The Bertz CT molecular complexity index is 1570. The van der Waals surface area contributed by atoms with E-state index in [1.807, 2.05) is 0 Å². The molecule has 14 heteroatoms. The fourth-order valence-corrected chi connectivity index (χ4v) is 5.84. The second kappa shape index (κ2) is 11.7. The first-order valence-electron chi connectivity index (χ1n) is 12.3. The van der Waals surface area contributed by atoms with E-state index < -0.39 is 24.2 Å². The molecular weight excluding hydrogens is 585 g/mol. The molecule has 0 unspecified atom stereocenters. The highest BCUT2D eigenvalue weighted by atomic mass is 35.5. The summed E-state index contributed by atoms with van der Waals surface area (Å²) in [6, 6.07) is 9.73. The highest BCUT2D eigenvalue weighted by Gasteiger charge is 2.43. The Morgan fingerprint density at radius 1 is 1.12 bits per heavy atom. The number of thiazole rings is 1. The Balaban J connectivity index is 1.65. The number of methoxy groups -OCH3 is 3. The Labute approximate surface area is 241 Å². The number of benzene rings is 2. The summed E-state index contributed by atoms with van der Waals surface area (Å²) in [7, 11) is 4.27. The summed E-state index contributed by atoms with van der Waals surface area (Å²) in [6.45, 7) is 0. The van der Waals surface area contributed by atoms with Gasteiger partial charge in [0.05, 0.1) is 38.4 Å². The van der Waals surface area contributed by atoms with E-state index in [2.05, 4.69) is 15.2 Å². The molecule has 5 rings (SSSR count). The fourth-order valence-electron chi connectivity index (χ4n) is 4.71. The molecule has 0 fully saturated rings. The highest BCUT2D eigenvalue weighted by molar-refractivity contribution is 7.11. The number of halogens is 4. The van der Waals surface area contributed by atoms with Crippen LogP contribution in [0.5, 0.6) is 11.5 Å². The average Bonchev–Trinajstić information content (AvgIpc) is 3.58. The van der Waals surface area contributed by atoms with Gasteiger partial charge in [0, 0.05) is 33.6 Å². The van der Waals surface area contributed by atoms with Crippen molar-refractivity contribution in [3.05, 3.63) is 80.3 Å². The molecule has 41 heavy (non-hydrogen) atoms. The molecule has 0 bridgehead atoms. The molecule has 3 heterocycles. The molecule has 4 aromatic rings. The number of hydrogen-bond acceptors (Lipinski definition) is 9. The van der Waals surface area contributed by atoms with Crippen molar-refractivity contribution in [2.75, 3.05) is 21.3 Å². The zero-order valence-corrected chi connectivity index (χ0v) is 23.6. The van der Waals surface area contributed by atoms with Crippen molar-refractivity contribution in [3.8, 4) is 17.2 Å². The maximum absolute atomic E-state index is 14.2. The SMILES string of the molecule is COC(=O)CCc1cnc(C[C@H]2O[C@H](c3cccc(OC)c3OC)c3cc(Cl)ccc3-n3c2nnc3C(F)(F)F)s1. The molecule has 0 amide bonds. The van der Waals surface area contributed by atoms with Crippen LogP contribution < -0.4 is 9.47 Å². The fraction of sp³-hybridized carbons (Fsp3) is 0.333.